The molecule has 3 rings (SSSR count). The molecule has 3 N–H and O–H groups in total. The first-order valence-corrected chi connectivity index (χ1v) is 8.99. The van der Waals surface area contributed by atoms with Crippen LogP contribution in [-0.4, -0.2) is 49.2 Å². The minimum absolute atomic E-state index is 0. The van der Waals surface area contributed by atoms with Crippen molar-refractivity contribution in [3.8, 4) is 0 Å². The lowest BCUT2D eigenvalue weighted by molar-refractivity contribution is -0.130. The van der Waals surface area contributed by atoms with Gasteiger partial charge in [-0.05, 0) is 50.2 Å². The molecule has 1 atom stereocenters. The third kappa shape index (κ3) is 5.07. The molecule has 2 aliphatic heterocycles. The van der Waals surface area contributed by atoms with Crippen molar-refractivity contribution in [1.82, 2.24) is 10.2 Å². The van der Waals surface area contributed by atoms with Crippen LogP contribution in [0.4, 0.5) is 0 Å². The number of likely N-dealkylation sites (tertiary alicyclic amines) is 1. The number of halogens is 2. The highest BCUT2D eigenvalue weighted by atomic mass is 35.5. The Morgan fingerprint density at radius 3 is 2.58 bits per heavy atom. The van der Waals surface area contributed by atoms with Crippen molar-refractivity contribution in [2.45, 2.75) is 37.3 Å². The number of hydrogen-bond acceptors (Lipinski definition) is 5. The van der Waals surface area contributed by atoms with Gasteiger partial charge in [-0.25, -0.2) is 0 Å². The fourth-order valence-corrected chi connectivity index (χ4v) is 4.13. The lowest BCUT2D eigenvalue weighted by Crippen LogP contribution is -2.57. The molecule has 2 saturated heterocycles. The Balaban J connectivity index is 0.00000144. The predicted octanol–water partition coefficient (Wildman–Crippen LogP) is 2.35. The number of nitrogens with zero attached hydrogens (tertiary/aromatic N) is 1. The van der Waals surface area contributed by atoms with Crippen molar-refractivity contribution in [1.29, 1.82) is 0 Å². The number of nitrogens with two attached hydrogens (primary N) is 1. The van der Waals surface area contributed by atoms with Crippen molar-refractivity contribution >= 4 is 42.1 Å². The minimum Gasteiger partial charge on any atom is -0.381 e. The zero-order valence-corrected chi connectivity index (χ0v) is 16.2. The molecule has 138 valence electrons. The highest BCUT2D eigenvalue weighted by Gasteiger charge is 2.36. The first-order valence-electron chi connectivity index (χ1n) is 8.11. The van der Waals surface area contributed by atoms with Gasteiger partial charge in [-0.3, -0.25) is 9.69 Å². The summed E-state index contributed by atoms with van der Waals surface area (Å²) in [5.41, 5.74) is 5.50. The van der Waals surface area contributed by atoms with Crippen molar-refractivity contribution in [3.63, 3.8) is 0 Å². The average Bonchev–Trinajstić information content (AvgIpc) is 3.22. The third-order valence-electron chi connectivity index (χ3n) is 4.75. The maximum Gasteiger partial charge on any atom is 0.240 e. The Labute approximate surface area is 160 Å². The molecule has 3 heterocycles. The zero-order valence-electron chi connectivity index (χ0n) is 13.7. The summed E-state index contributed by atoms with van der Waals surface area (Å²) in [4.78, 5) is 16.3. The van der Waals surface area contributed by atoms with Gasteiger partial charge in [0.1, 0.15) is 0 Å². The zero-order chi connectivity index (χ0) is 15.4. The number of rotatable bonds is 5. The molecule has 0 spiro atoms. The molecule has 0 aliphatic carbocycles. The standard InChI is InChI=1S/C16H25N3O2S.2ClH/c17-16(5-9-21-10-6-16)15(20)18-12-13(14-4-3-11-22-14)19-7-1-2-8-19;;/h3-4,11,13H,1-2,5-10,12,17H2,(H,18,20);2*1H. The molecule has 1 aromatic rings. The molecule has 1 aromatic heterocycles. The van der Waals surface area contributed by atoms with Crippen molar-refractivity contribution < 1.29 is 9.53 Å². The number of carbonyl (C=O) groups is 1. The summed E-state index contributed by atoms with van der Waals surface area (Å²) in [5, 5.41) is 5.20. The van der Waals surface area contributed by atoms with E-state index in [4.69, 9.17) is 10.5 Å². The molecule has 0 aromatic carbocycles. The molecule has 2 fully saturated rings. The molecule has 5 nitrogen and oxygen atoms in total. The number of thiophene rings is 1. The summed E-state index contributed by atoms with van der Waals surface area (Å²) in [6, 6.07) is 4.51. The fraction of sp³-hybridized carbons (Fsp3) is 0.688. The lowest BCUT2D eigenvalue weighted by atomic mass is 9.90. The van der Waals surface area contributed by atoms with E-state index in [0.29, 0.717) is 32.6 Å². The van der Waals surface area contributed by atoms with E-state index in [0.717, 1.165) is 13.1 Å². The summed E-state index contributed by atoms with van der Waals surface area (Å²) in [6.45, 7) is 4.01. The van der Waals surface area contributed by atoms with Crippen molar-refractivity contribution in [2.24, 2.45) is 5.73 Å². The lowest BCUT2D eigenvalue weighted by Gasteiger charge is -2.33. The molecule has 1 unspecified atom stereocenters. The van der Waals surface area contributed by atoms with E-state index >= 15 is 0 Å². The second kappa shape index (κ2) is 9.94. The number of nitrogens with one attached hydrogen (secondary N) is 1. The van der Waals surface area contributed by atoms with Gasteiger partial charge in [0.25, 0.3) is 0 Å². The Morgan fingerprint density at radius 2 is 2.00 bits per heavy atom. The summed E-state index contributed by atoms with van der Waals surface area (Å²) in [6.07, 6.45) is 3.69. The van der Waals surface area contributed by atoms with Crippen molar-refractivity contribution in [2.75, 3.05) is 32.8 Å². The third-order valence-corrected chi connectivity index (χ3v) is 5.72. The second-order valence-electron chi connectivity index (χ2n) is 6.25. The van der Waals surface area contributed by atoms with Crippen LogP contribution in [0.5, 0.6) is 0 Å². The topological polar surface area (TPSA) is 67.6 Å². The van der Waals surface area contributed by atoms with E-state index in [2.05, 4.69) is 27.7 Å². The summed E-state index contributed by atoms with van der Waals surface area (Å²) >= 11 is 1.76. The van der Waals surface area contributed by atoms with Crippen LogP contribution in [0.25, 0.3) is 0 Å². The molecule has 0 radical (unpaired) electrons. The molecule has 8 heteroatoms. The summed E-state index contributed by atoms with van der Waals surface area (Å²) < 4.78 is 5.31. The van der Waals surface area contributed by atoms with Crippen LogP contribution in [0.1, 0.15) is 36.6 Å². The van der Waals surface area contributed by atoms with Gasteiger partial charge in [0.15, 0.2) is 0 Å². The maximum absolute atomic E-state index is 12.5. The van der Waals surface area contributed by atoms with Gasteiger partial charge in [-0.15, -0.1) is 36.2 Å². The van der Waals surface area contributed by atoms with Gasteiger partial charge in [0.05, 0.1) is 11.6 Å². The van der Waals surface area contributed by atoms with Gasteiger partial charge < -0.3 is 15.8 Å². The Bertz CT molecular complexity index is 490. The van der Waals surface area contributed by atoms with Crippen LogP contribution in [0.2, 0.25) is 0 Å². The molecular formula is C16H27Cl2N3O2S. The summed E-state index contributed by atoms with van der Waals surface area (Å²) in [5.74, 6) is -0.0310. The van der Waals surface area contributed by atoms with E-state index in [1.807, 2.05) is 0 Å². The van der Waals surface area contributed by atoms with Gasteiger partial charge in [-0.1, -0.05) is 6.07 Å². The SMILES string of the molecule is Cl.Cl.NC1(C(=O)NCC(c2cccs2)N2CCCC2)CCOCC1. The first kappa shape index (κ1) is 21.7. The van der Waals surface area contributed by atoms with Crippen LogP contribution in [-0.2, 0) is 9.53 Å². The van der Waals surface area contributed by atoms with E-state index < -0.39 is 5.54 Å². The van der Waals surface area contributed by atoms with Crippen LogP contribution >= 0.6 is 36.2 Å². The molecule has 0 saturated carbocycles. The number of ether oxygens (including phenoxy) is 1. The molecule has 24 heavy (non-hydrogen) atoms. The highest BCUT2D eigenvalue weighted by Crippen LogP contribution is 2.28. The minimum atomic E-state index is -0.761. The van der Waals surface area contributed by atoms with E-state index in [9.17, 15) is 4.79 Å². The smallest absolute Gasteiger partial charge is 0.240 e. The predicted molar refractivity (Wildman–Crippen MR) is 102 cm³/mol. The Kier molecular flexibility index (Phi) is 8.98. The molecule has 2 aliphatic rings. The normalized spacial score (nSPS) is 21.4. The van der Waals surface area contributed by atoms with Crippen LogP contribution in [0.3, 0.4) is 0 Å². The Hall–Kier alpha value is -0.370. The molecular weight excluding hydrogens is 369 g/mol. The average molecular weight is 396 g/mol. The number of hydrogen-bond donors (Lipinski definition) is 2. The van der Waals surface area contributed by atoms with Crippen LogP contribution < -0.4 is 11.1 Å². The quantitative estimate of drug-likeness (QED) is 0.802. The van der Waals surface area contributed by atoms with E-state index in [1.165, 1.54) is 17.7 Å². The summed E-state index contributed by atoms with van der Waals surface area (Å²) in [7, 11) is 0. The van der Waals surface area contributed by atoms with Gasteiger partial charge in [0.2, 0.25) is 5.91 Å². The van der Waals surface area contributed by atoms with Gasteiger partial charge in [-0.2, -0.15) is 0 Å². The van der Waals surface area contributed by atoms with Gasteiger partial charge >= 0.3 is 0 Å². The molecule has 0 bridgehead atoms. The van der Waals surface area contributed by atoms with Crippen molar-refractivity contribution in [3.05, 3.63) is 22.4 Å². The Morgan fingerprint density at radius 1 is 1.33 bits per heavy atom. The van der Waals surface area contributed by atoms with E-state index in [-0.39, 0.29) is 36.8 Å². The first-order chi connectivity index (χ1) is 10.7. The number of carbonyl (C=O) groups excluding carboxylic acids is 1. The van der Waals surface area contributed by atoms with Crippen LogP contribution in [0, 0.1) is 0 Å². The monoisotopic (exact) mass is 395 g/mol. The highest BCUT2D eigenvalue weighted by molar-refractivity contribution is 7.10. The maximum atomic E-state index is 12.5. The van der Waals surface area contributed by atoms with Crippen LogP contribution in [0.15, 0.2) is 17.5 Å². The van der Waals surface area contributed by atoms with E-state index in [1.54, 1.807) is 11.3 Å². The molecule has 1 amide bonds. The largest absolute Gasteiger partial charge is 0.381 e. The number of amides is 1. The second-order valence-corrected chi connectivity index (χ2v) is 7.23. The fourth-order valence-electron chi connectivity index (χ4n) is 3.27. The van der Waals surface area contributed by atoms with Gasteiger partial charge in [0, 0.05) is 24.6 Å².